The minimum Gasteiger partial charge on any atom is -0.316 e. The van der Waals surface area contributed by atoms with Gasteiger partial charge in [-0.2, -0.15) is 0 Å². The summed E-state index contributed by atoms with van der Waals surface area (Å²) in [6.07, 6.45) is 11.5. The van der Waals surface area contributed by atoms with Gasteiger partial charge < -0.3 is 5.32 Å². The van der Waals surface area contributed by atoms with Gasteiger partial charge in [0, 0.05) is 13.1 Å². The van der Waals surface area contributed by atoms with Gasteiger partial charge in [-0.25, -0.2) is 0 Å². The van der Waals surface area contributed by atoms with Gasteiger partial charge in [0.1, 0.15) is 0 Å². The van der Waals surface area contributed by atoms with E-state index in [0.29, 0.717) is 5.41 Å². The Balaban J connectivity index is 2.05. The summed E-state index contributed by atoms with van der Waals surface area (Å²) in [5, 5.41) is 3.47. The standard InChI is InChI=1S/C15H31N/c1-4-5-6-7-8-9-10-15(11-14(2)3)12-16-13-15/h14,16H,4-13H2,1-3H3. The van der Waals surface area contributed by atoms with Crippen LogP contribution in [0.4, 0.5) is 0 Å². The maximum Gasteiger partial charge on any atom is 0.00203 e. The van der Waals surface area contributed by atoms with Gasteiger partial charge in [-0.3, -0.25) is 0 Å². The van der Waals surface area contributed by atoms with E-state index in [-0.39, 0.29) is 0 Å². The summed E-state index contributed by atoms with van der Waals surface area (Å²) in [4.78, 5) is 0. The molecule has 0 unspecified atom stereocenters. The largest absolute Gasteiger partial charge is 0.316 e. The summed E-state index contributed by atoms with van der Waals surface area (Å²) < 4.78 is 0. The first-order valence-corrected chi connectivity index (χ1v) is 7.39. The van der Waals surface area contributed by atoms with Crippen LogP contribution < -0.4 is 5.32 Å². The second-order valence-electron chi connectivity index (χ2n) is 6.22. The summed E-state index contributed by atoms with van der Waals surface area (Å²) in [5.74, 6) is 0.863. The van der Waals surface area contributed by atoms with Crippen LogP contribution in [0.25, 0.3) is 0 Å². The zero-order valence-corrected chi connectivity index (χ0v) is 11.6. The lowest BCUT2D eigenvalue weighted by atomic mass is 9.71. The molecule has 1 aliphatic heterocycles. The third-order valence-electron chi connectivity index (χ3n) is 3.90. The van der Waals surface area contributed by atoms with Gasteiger partial charge in [-0.1, -0.05) is 59.3 Å². The van der Waals surface area contributed by atoms with Crippen LogP contribution in [0, 0.1) is 11.3 Å². The van der Waals surface area contributed by atoms with Crippen LogP contribution in [0.3, 0.4) is 0 Å². The molecule has 0 saturated carbocycles. The predicted molar refractivity (Wildman–Crippen MR) is 72.8 cm³/mol. The molecular weight excluding hydrogens is 194 g/mol. The zero-order valence-electron chi connectivity index (χ0n) is 11.6. The van der Waals surface area contributed by atoms with Crippen molar-refractivity contribution in [3.63, 3.8) is 0 Å². The summed E-state index contributed by atoms with van der Waals surface area (Å²) in [7, 11) is 0. The molecule has 1 heteroatoms. The average molecular weight is 225 g/mol. The van der Waals surface area contributed by atoms with E-state index in [1.807, 2.05) is 0 Å². The van der Waals surface area contributed by atoms with Crippen molar-refractivity contribution in [1.29, 1.82) is 0 Å². The Hall–Kier alpha value is -0.0400. The van der Waals surface area contributed by atoms with Gasteiger partial charge in [-0.15, -0.1) is 0 Å². The summed E-state index contributed by atoms with van der Waals surface area (Å²) >= 11 is 0. The summed E-state index contributed by atoms with van der Waals surface area (Å²) in [6, 6.07) is 0. The number of unbranched alkanes of at least 4 members (excludes halogenated alkanes) is 5. The van der Waals surface area contributed by atoms with Crippen LogP contribution in [-0.4, -0.2) is 13.1 Å². The zero-order chi connectivity index (χ0) is 11.9. The van der Waals surface area contributed by atoms with Crippen molar-refractivity contribution in [3.05, 3.63) is 0 Å². The minimum atomic E-state index is 0.679. The summed E-state index contributed by atoms with van der Waals surface area (Å²) in [5.41, 5.74) is 0.679. The molecule has 0 aromatic carbocycles. The number of hydrogen-bond acceptors (Lipinski definition) is 1. The number of hydrogen-bond donors (Lipinski definition) is 1. The van der Waals surface area contributed by atoms with E-state index >= 15 is 0 Å². The van der Waals surface area contributed by atoms with Crippen molar-refractivity contribution >= 4 is 0 Å². The van der Waals surface area contributed by atoms with Gasteiger partial charge in [-0.05, 0) is 24.2 Å². The quantitative estimate of drug-likeness (QED) is 0.574. The highest BCUT2D eigenvalue weighted by atomic mass is 15.0. The van der Waals surface area contributed by atoms with E-state index in [2.05, 4.69) is 26.1 Å². The van der Waals surface area contributed by atoms with Crippen molar-refractivity contribution in [2.75, 3.05) is 13.1 Å². The highest BCUT2D eigenvalue weighted by molar-refractivity contribution is 4.92. The highest BCUT2D eigenvalue weighted by Crippen LogP contribution is 2.36. The van der Waals surface area contributed by atoms with Crippen LogP contribution >= 0.6 is 0 Å². The van der Waals surface area contributed by atoms with Crippen LogP contribution in [0.5, 0.6) is 0 Å². The molecule has 0 spiro atoms. The number of nitrogens with one attached hydrogen (secondary N) is 1. The molecule has 1 nitrogen and oxygen atoms in total. The van der Waals surface area contributed by atoms with Gasteiger partial charge in [0.15, 0.2) is 0 Å². The van der Waals surface area contributed by atoms with E-state index in [4.69, 9.17) is 0 Å². The van der Waals surface area contributed by atoms with Crippen LogP contribution in [-0.2, 0) is 0 Å². The molecule has 0 aliphatic carbocycles. The molecule has 16 heavy (non-hydrogen) atoms. The third-order valence-corrected chi connectivity index (χ3v) is 3.90. The Labute approximate surface area is 102 Å². The van der Waals surface area contributed by atoms with Crippen molar-refractivity contribution < 1.29 is 0 Å². The second kappa shape index (κ2) is 7.32. The predicted octanol–water partition coefficient (Wildman–Crippen LogP) is 4.37. The lowest BCUT2D eigenvalue weighted by Gasteiger charge is -2.44. The maximum absolute atomic E-state index is 3.47. The molecular formula is C15H31N. The molecule has 0 amide bonds. The molecule has 0 bridgehead atoms. The fourth-order valence-electron chi connectivity index (χ4n) is 3.05. The third kappa shape index (κ3) is 4.86. The van der Waals surface area contributed by atoms with E-state index in [1.54, 1.807) is 0 Å². The Morgan fingerprint density at radius 2 is 1.62 bits per heavy atom. The molecule has 0 atom stereocenters. The molecule has 1 heterocycles. The second-order valence-corrected chi connectivity index (χ2v) is 6.22. The topological polar surface area (TPSA) is 12.0 Å². The Morgan fingerprint density at radius 3 is 2.12 bits per heavy atom. The molecule has 96 valence electrons. The van der Waals surface area contributed by atoms with Crippen molar-refractivity contribution in [3.8, 4) is 0 Å². The Morgan fingerprint density at radius 1 is 1.00 bits per heavy atom. The smallest absolute Gasteiger partial charge is 0.00203 e. The first kappa shape index (κ1) is 14.0. The lowest BCUT2D eigenvalue weighted by Crippen LogP contribution is -2.53. The lowest BCUT2D eigenvalue weighted by molar-refractivity contribution is 0.114. The van der Waals surface area contributed by atoms with Gasteiger partial charge in [0.05, 0.1) is 0 Å². The fraction of sp³-hybridized carbons (Fsp3) is 1.00. The van der Waals surface area contributed by atoms with Crippen LogP contribution in [0.15, 0.2) is 0 Å². The minimum absolute atomic E-state index is 0.679. The normalized spacial score (nSPS) is 18.8. The first-order valence-electron chi connectivity index (χ1n) is 7.39. The number of rotatable bonds is 9. The van der Waals surface area contributed by atoms with Gasteiger partial charge in [0.2, 0.25) is 0 Å². The van der Waals surface area contributed by atoms with Crippen molar-refractivity contribution in [1.82, 2.24) is 5.32 Å². The van der Waals surface area contributed by atoms with Gasteiger partial charge in [0.25, 0.3) is 0 Å². The van der Waals surface area contributed by atoms with Crippen molar-refractivity contribution in [2.24, 2.45) is 11.3 Å². The fourth-order valence-corrected chi connectivity index (χ4v) is 3.05. The Kier molecular flexibility index (Phi) is 6.41. The van der Waals surface area contributed by atoms with Crippen LogP contribution in [0.2, 0.25) is 0 Å². The van der Waals surface area contributed by atoms with Gasteiger partial charge >= 0.3 is 0 Å². The van der Waals surface area contributed by atoms with E-state index < -0.39 is 0 Å². The molecule has 0 aromatic heterocycles. The van der Waals surface area contributed by atoms with E-state index in [1.165, 1.54) is 64.5 Å². The van der Waals surface area contributed by atoms with E-state index in [0.717, 1.165) is 5.92 Å². The molecule has 1 saturated heterocycles. The SMILES string of the molecule is CCCCCCCCC1(CC(C)C)CNC1. The highest BCUT2D eigenvalue weighted by Gasteiger charge is 2.36. The molecule has 1 fully saturated rings. The molecule has 0 aromatic rings. The van der Waals surface area contributed by atoms with Crippen LogP contribution in [0.1, 0.15) is 72.1 Å². The molecule has 0 radical (unpaired) electrons. The molecule has 1 rings (SSSR count). The monoisotopic (exact) mass is 225 g/mol. The van der Waals surface area contributed by atoms with Crippen molar-refractivity contribution in [2.45, 2.75) is 72.1 Å². The molecule has 1 aliphatic rings. The Bertz CT molecular complexity index is 170. The maximum atomic E-state index is 3.47. The molecule has 1 N–H and O–H groups in total. The summed E-state index contributed by atoms with van der Waals surface area (Å²) in [6.45, 7) is 9.57. The first-order chi connectivity index (χ1) is 7.68. The van der Waals surface area contributed by atoms with E-state index in [9.17, 15) is 0 Å². The average Bonchev–Trinajstić information content (AvgIpc) is 2.18.